The molecule has 0 spiro atoms. The van der Waals surface area contributed by atoms with Crippen LogP contribution in [0.2, 0.25) is 0 Å². The summed E-state index contributed by atoms with van der Waals surface area (Å²) in [7, 11) is 3.91. The van der Waals surface area contributed by atoms with Crippen molar-refractivity contribution in [3.8, 4) is 0 Å². The van der Waals surface area contributed by atoms with Crippen molar-refractivity contribution in [2.24, 2.45) is 7.05 Å². The van der Waals surface area contributed by atoms with E-state index in [4.69, 9.17) is 4.42 Å². The van der Waals surface area contributed by atoms with E-state index in [1.807, 2.05) is 31.0 Å². The highest BCUT2D eigenvalue weighted by Crippen LogP contribution is 2.22. The second-order valence-electron chi connectivity index (χ2n) is 4.37. The molecule has 17 heavy (non-hydrogen) atoms. The molecule has 0 aliphatic rings. The Bertz CT molecular complexity index is 472. The van der Waals surface area contributed by atoms with E-state index in [1.54, 1.807) is 6.26 Å². The van der Waals surface area contributed by atoms with Gasteiger partial charge in [0.15, 0.2) is 0 Å². The number of hydrogen-bond donors (Lipinski definition) is 1. The first kappa shape index (κ1) is 11.9. The third kappa shape index (κ3) is 2.77. The maximum absolute atomic E-state index is 5.53. The summed E-state index contributed by atoms with van der Waals surface area (Å²) in [6.07, 6.45) is 7.73. The van der Waals surface area contributed by atoms with Gasteiger partial charge in [0.1, 0.15) is 5.76 Å². The highest BCUT2D eigenvalue weighted by Gasteiger charge is 2.15. The standard InChI is InChI=1S/C13H19N3O/c1-10-6-7-17-13(10)12(14-2)5-4-11-8-15-16(3)9-11/h6-9,12,14H,4-5H2,1-3H3. The molecular weight excluding hydrogens is 214 g/mol. The summed E-state index contributed by atoms with van der Waals surface area (Å²) >= 11 is 0. The Hall–Kier alpha value is -1.55. The second kappa shape index (κ2) is 5.19. The highest BCUT2D eigenvalue weighted by molar-refractivity contribution is 5.18. The van der Waals surface area contributed by atoms with Crippen molar-refractivity contribution in [1.29, 1.82) is 0 Å². The number of nitrogens with zero attached hydrogens (tertiary/aromatic N) is 2. The van der Waals surface area contributed by atoms with Crippen LogP contribution in [0.1, 0.15) is 29.3 Å². The Morgan fingerprint density at radius 2 is 2.35 bits per heavy atom. The molecule has 0 aliphatic carbocycles. The van der Waals surface area contributed by atoms with Gasteiger partial charge in [-0.2, -0.15) is 5.10 Å². The second-order valence-corrected chi connectivity index (χ2v) is 4.37. The van der Waals surface area contributed by atoms with Crippen molar-refractivity contribution in [3.05, 3.63) is 41.6 Å². The molecule has 0 amide bonds. The third-order valence-corrected chi connectivity index (χ3v) is 3.05. The average Bonchev–Trinajstić information content (AvgIpc) is 2.90. The minimum absolute atomic E-state index is 0.269. The minimum atomic E-state index is 0.269. The van der Waals surface area contributed by atoms with Gasteiger partial charge >= 0.3 is 0 Å². The predicted molar refractivity (Wildman–Crippen MR) is 66.8 cm³/mol. The highest BCUT2D eigenvalue weighted by atomic mass is 16.3. The zero-order valence-corrected chi connectivity index (χ0v) is 10.6. The van der Waals surface area contributed by atoms with Crippen LogP contribution < -0.4 is 5.32 Å². The molecule has 0 fully saturated rings. The molecule has 0 saturated heterocycles. The number of hydrogen-bond acceptors (Lipinski definition) is 3. The van der Waals surface area contributed by atoms with Gasteiger partial charge in [0, 0.05) is 13.2 Å². The fraction of sp³-hybridized carbons (Fsp3) is 0.462. The lowest BCUT2D eigenvalue weighted by Gasteiger charge is -2.14. The van der Waals surface area contributed by atoms with Crippen LogP contribution in [-0.2, 0) is 13.5 Å². The summed E-state index contributed by atoms with van der Waals surface area (Å²) in [4.78, 5) is 0. The van der Waals surface area contributed by atoms with Crippen molar-refractivity contribution in [3.63, 3.8) is 0 Å². The van der Waals surface area contributed by atoms with Gasteiger partial charge in [-0.3, -0.25) is 4.68 Å². The van der Waals surface area contributed by atoms with E-state index >= 15 is 0 Å². The monoisotopic (exact) mass is 233 g/mol. The zero-order chi connectivity index (χ0) is 12.3. The minimum Gasteiger partial charge on any atom is -0.467 e. The van der Waals surface area contributed by atoms with Crippen LogP contribution in [0.15, 0.2) is 29.1 Å². The number of rotatable bonds is 5. The van der Waals surface area contributed by atoms with E-state index < -0.39 is 0 Å². The number of nitrogens with one attached hydrogen (secondary N) is 1. The fourth-order valence-corrected chi connectivity index (χ4v) is 2.06. The number of furan rings is 1. The molecule has 2 aromatic rings. The van der Waals surface area contributed by atoms with Crippen molar-refractivity contribution in [2.45, 2.75) is 25.8 Å². The van der Waals surface area contributed by atoms with Crippen molar-refractivity contribution < 1.29 is 4.42 Å². The van der Waals surface area contributed by atoms with E-state index in [1.165, 1.54) is 11.1 Å². The van der Waals surface area contributed by atoms with Crippen LogP contribution in [0, 0.1) is 6.92 Å². The Morgan fingerprint density at radius 1 is 1.53 bits per heavy atom. The molecule has 0 saturated carbocycles. The summed E-state index contributed by atoms with van der Waals surface area (Å²) in [6, 6.07) is 2.27. The van der Waals surface area contributed by atoms with Crippen LogP contribution in [0.3, 0.4) is 0 Å². The van der Waals surface area contributed by atoms with Gasteiger partial charge in [0.2, 0.25) is 0 Å². The van der Waals surface area contributed by atoms with Crippen molar-refractivity contribution in [2.75, 3.05) is 7.05 Å². The molecule has 4 heteroatoms. The molecule has 2 heterocycles. The van der Waals surface area contributed by atoms with Crippen molar-refractivity contribution >= 4 is 0 Å². The van der Waals surface area contributed by atoms with Gasteiger partial charge in [-0.25, -0.2) is 0 Å². The maximum Gasteiger partial charge on any atom is 0.123 e. The Morgan fingerprint density at radius 3 is 2.88 bits per heavy atom. The molecule has 1 N–H and O–H groups in total. The summed E-state index contributed by atoms with van der Waals surface area (Å²) in [5.41, 5.74) is 2.47. The zero-order valence-electron chi connectivity index (χ0n) is 10.6. The summed E-state index contributed by atoms with van der Waals surface area (Å²) in [5, 5.41) is 7.47. The number of aromatic nitrogens is 2. The normalized spacial score (nSPS) is 12.9. The molecule has 2 rings (SSSR count). The fourth-order valence-electron chi connectivity index (χ4n) is 2.06. The van der Waals surface area contributed by atoms with Gasteiger partial charge in [0.05, 0.1) is 18.5 Å². The lowest BCUT2D eigenvalue weighted by molar-refractivity contribution is 0.412. The first-order valence-electron chi connectivity index (χ1n) is 5.89. The van der Waals surface area contributed by atoms with Crippen LogP contribution in [0.25, 0.3) is 0 Å². The first-order valence-corrected chi connectivity index (χ1v) is 5.89. The lowest BCUT2D eigenvalue weighted by atomic mass is 10.0. The summed E-state index contributed by atoms with van der Waals surface area (Å²) in [6.45, 7) is 2.08. The van der Waals surface area contributed by atoms with Crippen LogP contribution in [-0.4, -0.2) is 16.8 Å². The molecular formula is C13H19N3O. The summed E-state index contributed by atoms with van der Waals surface area (Å²) < 4.78 is 7.36. The van der Waals surface area contributed by atoms with Crippen LogP contribution in [0.4, 0.5) is 0 Å². The Labute approximate surface area is 102 Å². The Balaban J connectivity index is 1.99. The van der Waals surface area contributed by atoms with Crippen molar-refractivity contribution in [1.82, 2.24) is 15.1 Å². The molecule has 0 aromatic carbocycles. The number of aryl methyl sites for hydroxylation is 3. The molecule has 2 aromatic heterocycles. The van der Waals surface area contributed by atoms with Gasteiger partial charge in [-0.15, -0.1) is 0 Å². The Kier molecular flexibility index (Phi) is 3.64. The van der Waals surface area contributed by atoms with Crippen LogP contribution in [0.5, 0.6) is 0 Å². The molecule has 1 unspecified atom stereocenters. The molecule has 92 valence electrons. The van der Waals surface area contributed by atoms with E-state index in [-0.39, 0.29) is 6.04 Å². The molecule has 0 bridgehead atoms. The molecule has 0 aliphatic heterocycles. The molecule has 1 atom stereocenters. The molecule has 0 radical (unpaired) electrons. The topological polar surface area (TPSA) is 43.0 Å². The largest absolute Gasteiger partial charge is 0.467 e. The van der Waals surface area contributed by atoms with E-state index in [0.29, 0.717) is 0 Å². The predicted octanol–water partition coefficient (Wildman–Crippen LogP) is 2.21. The molecule has 4 nitrogen and oxygen atoms in total. The quantitative estimate of drug-likeness (QED) is 0.861. The van der Waals surface area contributed by atoms with Gasteiger partial charge in [-0.1, -0.05) is 0 Å². The maximum atomic E-state index is 5.53. The van der Waals surface area contributed by atoms with E-state index in [0.717, 1.165) is 18.6 Å². The third-order valence-electron chi connectivity index (χ3n) is 3.05. The van der Waals surface area contributed by atoms with E-state index in [9.17, 15) is 0 Å². The van der Waals surface area contributed by atoms with E-state index in [2.05, 4.69) is 23.5 Å². The van der Waals surface area contributed by atoms with Crippen LogP contribution >= 0.6 is 0 Å². The smallest absolute Gasteiger partial charge is 0.123 e. The average molecular weight is 233 g/mol. The van der Waals surface area contributed by atoms with Gasteiger partial charge in [-0.05, 0) is 44.0 Å². The SMILES string of the molecule is CNC(CCc1cnn(C)c1)c1occc1C. The van der Waals surface area contributed by atoms with Gasteiger partial charge in [0.25, 0.3) is 0 Å². The summed E-state index contributed by atoms with van der Waals surface area (Å²) in [5.74, 6) is 1.04. The lowest BCUT2D eigenvalue weighted by Crippen LogP contribution is -2.17. The first-order chi connectivity index (χ1) is 8.20. The van der Waals surface area contributed by atoms with Gasteiger partial charge < -0.3 is 9.73 Å².